The Morgan fingerprint density at radius 3 is 2.23 bits per heavy atom. The fourth-order valence-electron chi connectivity index (χ4n) is 1.84. The lowest BCUT2D eigenvalue weighted by molar-refractivity contribution is -0.135. The first-order chi connectivity index (χ1) is 6.13. The minimum absolute atomic E-state index is 0.229. The summed E-state index contributed by atoms with van der Waals surface area (Å²) in [4.78, 5) is 22.1. The Kier molecular flexibility index (Phi) is 3.91. The molecule has 0 heterocycles. The van der Waals surface area contributed by atoms with Gasteiger partial charge in [-0.1, -0.05) is 19.3 Å². The molecule has 1 aliphatic rings. The van der Waals surface area contributed by atoms with Crippen LogP contribution in [0, 0.1) is 5.92 Å². The van der Waals surface area contributed by atoms with Gasteiger partial charge in [-0.3, -0.25) is 9.59 Å². The predicted octanol–water partition coefficient (Wildman–Crippen LogP) is 2.33. The lowest BCUT2D eigenvalue weighted by Gasteiger charge is -2.24. The lowest BCUT2D eigenvalue weighted by atomic mass is 9.85. The van der Waals surface area contributed by atoms with E-state index in [0.717, 1.165) is 25.7 Å². The number of carbonyl (C=O) groups excluding carboxylic acids is 2. The molecule has 3 heteroatoms. The van der Waals surface area contributed by atoms with E-state index < -0.39 is 16.9 Å². The molecule has 0 aliphatic heterocycles. The summed E-state index contributed by atoms with van der Waals surface area (Å²) in [6.07, 6.45) is 5.49. The van der Waals surface area contributed by atoms with Crippen molar-refractivity contribution in [1.82, 2.24) is 0 Å². The van der Waals surface area contributed by atoms with Gasteiger partial charge in [0.15, 0.2) is 5.78 Å². The van der Waals surface area contributed by atoms with Crippen molar-refractivity contribution in [3.05, 3.63) is 0 Å². The molecule has 2 nitrogen and oxygen atoms in total. The van der Waals surface area contributed by atoms with Gasteiger partial charge in [0.25, 0.3) is 0 Å². The van der Waals surface area contributed by atoms with E-state index >= 15 is 0 Å². The summed E-state index contributed by atoms with van der Waals surface area (Å²) < 4.78 is 0. The second kappa shape index (κ2) is 4.75. The highest BCUT2D eigenvalue weighted by molar-refractivity contribution is 6.49. The normalized spacial score (nSPS) is 21.1. The molecule has 1 rings (SSSR count). The maximum Gasteiger partial charge on any atom is 0.216 e. The highest BCUT2D eigenvalue weighted by Crippen LogP contribution is 2.29. The lowest BCUT2D eigenvalue weighted by Crippen LogP contribution is -2.30. The standard InChI is InChI=1S/C10H15ClO2/c1-7(12)10(13)9(11)8-5-3-2-4-6-8/h8-9H,2-6H2,1H3. The van der Waals surface area contributed by atoms with E-state index in [1.54, 1.807) is 0 Å². The van der Waals surface area contributed by atoms with Crippen LogP contribution in [-0.4, -0.2) is 16.9 Å². The van der Waals surface area contributed by atoms with Crippen molar-refractivity contribution < 1.29 is 9.59 Å². The van der Waals surface area contributed by atoms with Crippen molar-refractivity contribution in [3.63, 3.8) is 0 Å². The van der Waals surface area contributed by atoms with Crippen LogP contribution in [0.4, 0.5) is 0 Å². The zero-order valence-electron chi connectivity index (χ0n) is 7.88. The quantitative estimate of drug-likeness (QED) is 0.520. The Balaban J connectivity index is 2.49. The molecule has 1 atom stereocenters. The molecule has 0 aromatic carbocycles. The van der Waals surface area contributed by atoms with Crippen LogP contribution in [-0.2, 0) is 9.59 Å². The van der Waals surface area contributed by atoms with Crippen LogP contribution in [0.3, 0.4) is 0 Å². The van der Waals surface area contributed by atoms with Gasteiger partial charge >= 0.3 is 0 Å². The first kappa shape index (κ1) is 10.7. The molecule has 74 valence electrons. The molecule has 1 unspecified atom stereocenters. The van der Waals surface area contributed by atoms with Crippen molar-refractivity contribution >= 4 is 23.2 Å². The number of Topliss-reactive ketones (excluding diaryl/α,β-unsaturated/α-hetero) is 2. The van der Waals surface area contributed by atoms with Gasteiger partial charge in [-0.05, 0) is 18.8 Å². The van der Waals surface area contributed by atoms with Gasteiger partial charge in [0.2, 0.25) is 5.78 Å². The molecule has 13 heavy (non-hydrogen) atoms. The predicted molar refractivity (Wildman–Crippen MR) is 51.9 cm³/mol. The Bertz CT molecular complexity index is 207. The number of alkyl halides is 1. The molecule has 0 spiro atoms. The van der Waals surface area contributed by atoms with Crippen LogP contribution in [0.1, 0.15) is 39.0 Å². The summed E-state index contributed by atoms with van der Waals surface area (Å²) in [5.74, 6) is -0.592. The van der Waals surface area contributed by atoms with Crippen molar-refractivity contribution in [2.45, 2.75) is 44.4 Å². The van der Waals surface area contributed by atoms with E-state index in [1.165, 1.54) is 13.3 Å². The van der Waals surface area contributed by atoms with Crippen molar-refractivity contribution in [1.29, 1.82) is 0 Å². The number of carbonyl (C=O) groups is 2. The third-order valence-corrected chi connectivity index (χ3v) is 3.22. The third kappa shape index (κ3) is 2.80. The van der Waals surface area contributed by atoms with Gasteiger partial charge in [-0.2, -0.15) is 0 Å². The minimum Gasteiger partial charge on any atom is -0.291 e. The Labute approximate surface area is 83.6 Å². The molecule has 1 aliphatic carbocycles. The molecule has 0 saturated heterocycles. The van der Waals surface area contributed by atoms with Crippen molar-refractivity contribution in [3.8, 4) is 0 Å². The monoisotopic (exact) mass is 202 g/mol. The summed E-state index contributed by atoms with van der Waals surface area (Å²) in [6, 6.07) is 0. The molecule has 0 bridgehead atoms. The van der Waals surface area contributed by atoms with E-state index in [2.05, 4.69) is 0 Å². The largest absolute Gasteiger partial charge is 0.291 e. The summed E-state index contributed by atoms with van der Waals surface area (Å²) in [5.41, 5.74) is 0. The average Bonchev–Trinajstić information content (AvgIpc) is 2.17. The highest BCUT2D eigenvalue weighted by Gasteiger charge is 2.29. The Morgan fingerprint density at radius 2 is 1.77 bits per heavy atom. The maximum absolute atomic E-state index is 11.3. The molecule has 0 N–H and O–H groups in total. The fourth-order valence-corrected chi connectivity index (χ4v) is 2.24. The molecule has 1 fully saturated rings. The first-order valence-corrected chi connectivity index (χ1v) is 5.25. The summed E-state index contributed by atoms with van der Waals surface area (Å²) in [5, 5.41) is -0.571. The maximum atomic E-state index is 11.3. The number of hydrogen-bond donors (Lipinski definition) is 0. The molecule has 0 aromatic heterocycles. The first-order valence-electron chi connectivity index (χ1n) is 4.81. The number of rotatable bonds is 3. The fraction of sp³-hybridized carbons (Fsp3) is 0.800. The van der Waals surface area contributed by atoms with Gasteiger partial charge < -0.3 is 0 Å². The topological polar surface area (TPSA) is 34.1 Å². The summed E-state index contributed by atoms with van der Waals surface area (Å²) >= 11 is 5.93. The van der Waals surface area contributed by atoms with Crippen LogP contribution >= 0.6 is 11.6 Å². The highest BCUT2D eigenvalue weighted by atomic mass is 35.5. The third-order valence-electron chi connectivity index (χ3n) is 2.66. The Morgan fingerprint density at radius 1 is 1.23 bits per heavy atom. The van der Waals surface area contributed by atoms with Crippen LogP contribution in [0.25, 0.3) is 0 Å². The van der Waals surface area contributed by atoms with Gasteiger partial charge in [-0.25, -0.2) is 0 Å². The zero-order chi connectivity index (χ0) is 9.84. The number of hydrogen-bond acceptors (Lipinski definition) is 2. The van der Waals surface area contributed by atoms with Gasteiger partial charge in [-0.15, -0.1) is 11.6 Å². The molecule has 0 amide bonds. The van der Waals surface area contributed by atoms with Crippen LogP contribution in [0.15, 0.2) is 0 Å². The van der Waals surface area contributed by atoms with E-state index in [0.29, 0.717) is 0 Å². The van der Waals surface area contributed by atoms with E-state index in [1.807, 2.05) is 0 Å². The summed E-state index contributed by atoms with van der Waals surface area (Å²) in [6.45, 7) is 1.29. The van der Waals surface area contributed by atoms with Crippen molar-refractivity contribution in [2.75, 3.05) is 0 Å². The van der Waals surface area contributed by atoms with E-state index in [4.69, 9.17) is 11.6 Å². The molecule has 0 aromatic rings. The van der Waals surface area contributed by atoms with E-state index in [-0.39, 0.29) is 5.92 Å². The van der Waals surface area contributed by atoms with Crippen LogP contribution < -0.4 is 0 Å². The number of halogens is 1. The molecule has 1 saturated carbocycles. The molecular weight excluding hydrogens is 188 g/mol. The minimum atomic E-state index is -0.571. The average molecular weight is 203 g/mol. The zero-order valence-corrected chi connectivity index (χ0v) is 8.64. The van der Waals surface area contributed by atoms with Gasteiger partial charge in [0.1, 0.15) is 5.38 Å². The summed E-state index contributed by atoms with van der Waals surface area (Å²) in [7, 11) is 0. The smallest absolute Gasteiger partial charge is 0.216 e. The van der Waals surface area contributed by atoms with Crippen LogP contribution in [0.2, 0.25) is 0 Å². The van der Waals surface area contributed by atoms with Gasteiger partial charge in [0, 0.05) is 6.92 Å². The van der Waals surface area contributed by atoms with Gasteiger partial charge in [0.05, 0.1) is 0 Å². The SMILES string of the molecule is CC(=O)C(=O)C(Cl)C1CCCCC1. The van der Waals surface area contributed by atoms with Crippen LogP contribution in [0.5, 0.6) is 0 Å². The number of ketones is 2. The molecular formula is C10H15ClO2. The molecule has 0 radical (unpaired) electrons. The Hall–Kier alpha value is -0.370. The second-order valence-electron chi connectivity index (χ2n) is 3.72. The second-order valence-corrected chi connectivity index (χ2v) is 4.19. The van der Waals surface area contributed by atoms with E-state index in [9.17, 15) is 9.59 Å². The van der Waals surface area contributed by atoms with Crippen molar-refractivity contribution in [2.24, 2.45) is 5.92 Å².